The monoisotopic (exact) mass is 310 g/mol. The van der Waals surface area contributed by atoms with Crippen molar-refractivity contribution in [2.45, 2.75) is 6.92 Å². The molecule has 0 saturated heterocycles. The Morgan fingerprint density at radius 3 is 2.59 bits per heavy atom. The molecular formula is C16H11FN4S. The zero-order valence-corrected chi connectivity index (χ0v) is 12.5. The lowest BCUT2D eigenvalue weighted by Gasteiger charge is -1.98. The summed E-state index contributed by atoms with van der Waals surface area (Å²) >= 11 is 1.43. The Balaban J connectivity index is 1.84. The molecule has 0 atom stereocenters. The van der Waals surface area contributed by atoms with E-state index in [2.05, 4.69) is 15.3 Å². The lowest BCUT2D eigenvalue weighted by molar-refractivity contribution is 0.628. The van der Waals surface area contributed by atoms with E-state index in [1.165, 1.54) is 23.5 Å². The van der Waals surface area contributed by atoms with Crippen LogP contribution in [0.15, 0.2) is 48.5 Å². The van der Waals surface area contributed by atoms with Gasteiger partial charge in [-0.2, -0.15) is 9.61 Å². The summed E-state index contributed by atoms with van der Waals surface area (Å²) in [6, 6.07) is 14.3. The Morgan fingerprint density at radius 2 is 1.82 bits per heavy atom. The molecule has 6 heteroatoms. The standard InChI is InChI=1S/C16H11FN4S/c1-10-3-2-4-12(9-10)14-18-19-16-21(14)20-15(22-16)11-5-7-13(17)8-6-11/h2-9H,1H3. The van der Waals surface area contributed by atoms with Gasteiger partial charge in [0.2, 0.25) is 4.96 Å². The molecule has 0 N–H and O–H groups in total. The molecule has 0 aliphatic carbocycles. The van der Waals surface area contributed by atoms with Gasteiger partial charge in [-0.15, -0.1) is 10.2 Å². The number of hydrogen-bond acceptors (Lipinski definition) is 4. The van der Waals surface area contributed by atoms with Crippen molar-refractivity contribution in [1.82, 2.24) is 19.8 Å². The highest BCUT2D eigenvalue weighted by molar-refractivity contribution is 7.19. The van der Waals surface area contributed by atoms with Gasteiger partial charge in [0.25, 0.3) is 0 Å². The first-order valence-electron chi connectivity index (χ1n) is 6.76. The molecule has 0 fully saturated rings. The minimum Gasteiger partial charge on any atom is -0.207 e. The van der Waals surface area contributed by atoms with E-state index in [0.717, 1.165) is 26.7 Å². The van der Waals surface area contributed by atoms with Gasteiger partial charge < -0.3 is 0 Å². The van der Waals surface area contributed by atoms with Gasteiger partial charge in [0, 0.05) is 11.1 Å². The maximum atomic E-state index is 13.0. The fraction of sp³-hybridized carbons (Fsp3) is 0.0625. The fourth-order valence-corrected chi connectivity index (χ4v) is 3.13. The molecule has 22 heavy (non-hydrogen) atoms. The van der Waals surface area contributed by atoms with Crippen molar-refractivity contribution in [3.05, 3.63) is 59.9 Å². The number of aryl methyl sites for hydroxylation is 1. The second-order valence-corrected chi connectivity index (χ2v) is 5.96. The third-order valence-electron chi connectivity index (χ3n) is 3.36. The molecule has 0 aliphatic heterocycles. The van der Waals surface area contributed by atoms with Crippen LogP contribution < -0.4 is 0 Å². The topological polar surface area (TPSA) is 43.1 Å². The molecule has 2 heterocycles. The second-order valence-electron chi connectivity index (χ2n) is 5.00. The van der Waals surface area contributed by atoms with Crippen LogP contribution in [-0.4, -0.2) is 19.8 Å². The van der Waals surface area contributed by atoms with Gasteiger partial charge in [-0.05, 0) is 37.3 Å². The third kappa shape index (κ3) is 2.17. The van der Waals surface area contributed by atoms with Crippen molar-refractivity contribution >= 4 is 16.3 Å². The Labute approximate surface area is 129 Å². The second kappa shape index (κ2) is 4.99. The maximum absolute atomic E-state index is 13.0. The predicted octanol–water partition coefficient (Wildman–Crippen LogP) is 3.97. The Hall–Kier alpha value is -2.60. The van der Waals surface area contributed by atoms with Crippen molar-refractivity contribution in [1.29, 1.82) is 0 Å². The molecule has 4 nitrogen and oxygen atoms in total. The lowest BCUT2D eigenvalue weighted by Crippen LogP contribution is -1.91. The molecule has 2 aromatic carbocycles. The van der Waals surface area contributed by atoms with Crippen molar-refractivity contribution in [2.24, 2.45) is 0 Å². The number of hydrogen-bond donors (Lipinski definition) is 0. The molecule has 0 unspecified atom stereocenters. The molecule has 0 aliphatic rings. The van der Waals surface area contributed by atoms with Crippen LogP contribution in [0.3, 0.4) is 0 Å². The highest BCUT2D eigenvalue weighted by Crippen LogP contribution is 2.28. The first-order valence-corrected chi connectivity index (χ1v) is 7.57. The van der Waals surface area contributed by atoms with E-state index >= 15 is 0 Å². The van der Waals surface area contributed by atoms with Crippen LogP contribution in [0.5, 0.6) is 0 Å². The molecule has 0 saturated carbocycles. The van der Waals surface area contributed by atoms with Crippen LogP contribution in [0.25, 0.3) is 26.9 Å². The first-order chi connectivity index (χ1) is 10.7. The number of rotatable bonds is 2. The van der Waals surface area contributed by atoms with Crippen LogP contribution in [0, 0.1) is 12.7 Å². The summed E-state index contributed by atoms with van der Waals surface area (Å²) in [5.74, 6) is 0.454. The SMILES string of the molecule is Cc1cccc(-c2nnc3sc(-c4ccc(F)cc4)nn23)c1. The minimum absolute atomic E-state index is 0.257. The molecule has 0 spiro atoms. The molecule has 4 rings (SSSR count). The summed E-state index contributed by atoms with van der Waals surface area (Å²) < 4.78 is 14.8. The van der Waals surface area contributed by atoms with Gasteiger partial charge in [0.15, 0.2) is 5.82 Å². The van der Waals surface area contributed by atoms with E-state index in [0.29, 0.717) is 5.82 Å². The first kappa shape index (κ1) is 13.1. The smallest absolute Gasteiger partial charge is 0.207 e. The minimum atomic E-state index is -0.257. The predicted molar refractivity (Wildman–Crippen MR) is 84.2 cm³/mol. The van der Waals surface area contributed by atoms with Crippen LogP contribution in [0.4, 0.5) is 4.39 Å². The Morgan fingerprint density at radius 1 is 1.00 bits per heavy atom. The van der Waals surface area contributed by atoms with Crippen molar-refractivity contribution in [3.8, 4) is 22.0 Å². The number of benzene rings is 2. The lowest BCUT2D eigenvalue weighted by atomic mass is 10.1. The summed E-state index contributed by atoms with van der Waals surface area (Å²) in [5, 5.41) is 13.8. The number of fused-ring (bicyclic) bond motifs is 1. The molecule has 0 amide bonds. The van der Waals surface area contributed by atoms with E-state index in [-0.39, 0.29) is 5.82 Å². The summed E-state index contributed by atoms with van der Waals surface area (Å²) in [6.45, 7) is 2.03. The van der Waals surface area contributed by atoms with Crippen LogP contribution in [0.1, 0.15) is 5.56 Å². The number of aromatic nitrogens is 4. The van der Waals surface area contributed by atoms with E-state index in [9.17, 15) is 4.39 Å². The average Bonchev–Trinajstić information content (AvgIpc) is 3.08. The molecule has 0 radical (unpaired) electrons. The van der Waals surface area contributed by atoms with Gasteiger partial charge in [-0.3, -0.25) is 0 Å². The maximum Gasteiger partial charge on any atom is 0.235 e. The van der Waals surface area contributed by atoms with Crippen LogP contribution in [-0.2, 0) is 0 Å². The van der Waals surface area contributed by atoms with Crippen molar-refractivity contribution in [2.75, 3.05) is 0 Å². The quantitative estimate of drug-likeness (QED) is 0.563. The summed E-state index contributed by atoms with van der Waals surface area (Å²) in [7, 11) is 0. The number of nitrogens with zero attached hydrogens (tertiary/aromatic N) is 4. The van der Waals surface area contributed by atoms with E-state index in [4.69, 9.17) is 0 Å². The molecule has 4 aromatic rings. The third-order valence-corrected chi connectivity index (χ3v) is 4.31. The highest BCUT2D eigenvalue weighted by Gasteiger charge is 2.14. The van der Waals surface area contributed by atoms with Gasteiger partial charge in [-0.1, -0.05) is 35.1 Å². The Kier molecular flexibility index (Phi) is 2.97. The van der Waals surface area contributed by atoms with Gasteiger partial charge in [-0.25, -0.2) is 4.39 Å². The van der Waals surface area contributed by atoms with Gasteiger partial charge >= 0.3 is 0 Å². The van der Waals surface area contributed by atoms with Gasteiger partial charge in [0.1, 0.15) is 10.8 Å². The van der Waals surface area contributed by atoms with E-state index in [1.54, 1.807) is 16.6 Å². The van der Waals surface area contributed by atoms with Crippen molar-refractivity contribution in [3.63, 3.8) is 0 Å². The molecule has 2 aromatic heterocycles. The average molecular weight is 310 g/mol. The van der Waals surface area contributed by atoms with E-state index in [1.807, 2.05) is 31.2 Å². The van der Waals surface area contributed by atoms with E-state index < -0.39 is 0 Å². The zero-order valence-electron chi connectivity index (χ0n) is 11.7. The highest BCUT2D eigenvalue weighted by atomic mass is 32.1. The summed E-state index contributed by atoms with van der Waals surface area (Å²) in [5.41, 5.74) is 3.00. The summed E-state index contributed by atoms with van der Waals surface area (Å²) in [6.07, 6.45) is 0. The van der Waals surface area contributed by atoms with Gasteiger partial charge in [0.05, 0.1) is 0 Å². The zero-order chi connectivity index (χ0) is 15.1. The van der Waals surface area contributed by atoms with Crippen LogP contribution in [0.2, 0.25) is 0 Å². The number of halogens is 1. The molecular weight excluding hydrogens is 299 g/mol. The van der Waals surface area contributed by atoms with Crippen molar-refractivity contribution < 1.29 is 4.39 Å². The summed E-state index contributed by atoms with van der Waals surface area (Å²) in [4.78, 5) is 0.718. The fourth-order valence-electron chi connectivity index (χ4n) is 2.29. The Bertz CT molecular complexity index is 956. The molecule has 108 valence electrons. The van der Waals surface area contributed by atoms with Crippen LogP contribution >= 0.6 is 11.3 Å². The molecule has 0 bridgehead atoms. The largest absolute Gasteiger partial charge is 0.235 e. The normalized spacial score (nSPS) is 11.2.